The van der Waals surface area contributed by atoms with Crippen LogP contribution >= 0.6 is 11.3 Å². The fourth-order valence-corrected chi connectivity index (χ4v) is 3.80. The maximum absolute atomic E-state index is 11.9. The smallest absolute Gasteiger partial charge is 0.174 e. The topological polar surface area (TPSA) is 73.4 Å². The molecular weight excluding hydrogens is 284 g/mol. The molecule has 2 rings (SSSR count). The van der Waals surface area contributed by atoms with Crippen molar-refractivity contribution in [3.8, 4) is 6.07 Å². The van der Waals surface area contributed by atoms with Crippen LogP contribution in [0.15, 0.2) is 0 Å². The van der Waals surface area contributed by atoms with E-state index in [2.05, 4.69) is 29.7 Å². The summed E-state index contributed by atoms with van der Waals surface area (Å²) in [7, 11) is 0. The number of nitrogens with two attached hydrogens (primary N) is 1. The molecule has 0 aliphatic carbocycles. The summed E-state index contributed by atoms with van der Waals surface area (Å²) in [6, 6.07) is 2.71. The van der Waals surface area contributed by atoms with Crippen molar-refractivity contribution in [1.82, 2.24) is 4.90 Å². The van der Waals surface area contributed by atoms with E-state index < -0.39 is 0 Å². The zero-order chi connectivity index (χ0) is 15.6. The Hall–Kier alpha value is -1.58. The van der Waals surface area contributed by atoms with Gasteiger partial charge in [0.25, 0.3) is 0 Å². The summed E-state index contributed by atoms with van der Waals surface area (Å²) in [5.41, 5.74) is 6.83. The lowest BCUT2D eigenvalue weighted by atomic mass is 10.1. The molecule has 0 atom stereocenters. The van der Waals surface area contributed by atoms with Crippen LogP contribution in [0.25, 0.3) is 0 Å². The van der Waals surface area contributed by atoms with E-state index in [1.54, 1.807) is 0 Å². The lowest BCUT2D eigenvalue weighted by molar-refractivity contribution is 0.0993. The molecule has 0 aromatic carbocycles. The molecule has 0 amide bonds. The van der Waals surface area contributed by atoms with E-state index in [1.165, 1.54) is 11.3 Å². The van der Waals surface area contributed by atoms with Crippen LogP contribution < -0.4 is 10.6 Å². The van der Waals surface area contributed by atoms with E-state index in [0.29, 0.717) is 28.6 Å². The molecule has 0 radical (unpaired) electrons. The first-order chi connectivity index (χ1) is 9.99. The van der Waals surface area contributed by atoms with Crippen molar-refractivity contribution in [2.45, 2.75) is 33.2 Å². The Bertz CT molecular complexity index is 565. The predicted molar refractivity (Wildman–Crippen MR) is 87.0 cm³/mol. The molecule has 1 aliphatic heterocycles. The normalized spacial score (nSPS) is 16.2. The van der Waals surface area contributed by atoms with Crippen molar-refractivity contribution in [1.29, 1.82) is 5.26 Å². The van der Waals surface area contributed by atoms with Crippen molar-refractivity contribution in [2.24, 2.45) is 0 Å². The highest BCUT2D eigenvalue weighted by Gasteiger charge is 2.26. The second-order valence-electron chi connectivity index (χ2n) is 5.53. The molecule has 2 heterocycles. The van der Waals surface area contributed by atoms with Crippen molar-refractivity contribution in [2.75, 3.05) is 36.8 Å². The number of piperazine rings is 1. The van der Waals surface area contributed by atoms with Crippen LogP contribution in [0, 0.1) is 11.3 Å². The molecule has 114 valence electrons. The van der Waals surface area contributed by atoms with E-state index in [0.717, 1.165) is 31.2 Å². The van der Waals surface area contributed by atoms with Gasteiger partial charge in [-0.2, -0.15) is 5.26 Å². The van der Waals surface area contributed by atoms with Crippen LogP contribution in [0.4, 0.5) is 10.7 Å². The number of hydrogen-bond donors (Lipinski definition) is 1. The van der Waals surface area contributed by atoms with Gasteiger partial charge in [-0.05, 0) is 13.8 Å². The fourth-order valence-electron chi connectivity index (χ4n) is 2.57. The molecule has 1 aliphatic rings. The van der Waals surface area contributed by atoms with Crippen LogP contribution in [-0.4, -0.2) is 42.9 Å². The Morgan fingerprint density at radius 3 is 2.48 bits per heavy atom. The van der Waals surface area contributed by atoms with Crippen LogP contribution in [0.5, 0.6) is 0 Å². The molecule has 1 aromatic heterocycles. The standard InChI is InChI=1S/C15H22N4OS/c1-4-12(20)14-13(17)11(9-16)15(21-14)19-7-5-18(6-8-19)10(2)3/h10H,4-8,17H2,1-3H3. The zero-order valence-corrected chi connectivity index (χ0v) is 13.7. The largest absolute Gasteiger partial charge is 0.396 e. The molecule has 2 N–H and O–H groups in total. The van der Waals surface area contributed by atoms with Crippen LogP contribution in [0.3, 0.4) is 0 Å². The molecule has 5 nitrogen and oxygen atoms in total. The molecule has 0 bridgehead atoms. The molecule has 1 saturated heterocycles. The summed E-state index contributed by atoms with van der Waals surface area (Å²) in [5, 5.41) is 10.2. The molecule has 1 fully saturated rings. The van der Waals surface area contributed by atoms with Gasteiger partial charge in [0.15, 0.2) is 5.78 Å². The van der Waals surface area contributed by atoms with E-state index >= 15 is 0 Å². The minimum atomic E-state index is 0.0149. The Balaban J connectivity index is 2.25. The first-order valence-corrected chi connectivity index (χ1v) is 8.15. The minimum Gasteiger partial charge on any atom is -0.396 e. The highest BCUT2D eigenvalue weighted by Crippen LogP contribution is 2.38. The summed E-state index contributed by atoms with van der Waals surface area (Å²) in [6.45, 7) is 9.87. The van der Waals surface area contributed by atoms with Gasteiger partial charge < -0.3 is 10.6 Å². The van der Waals surface area contributed by atoms with Gasteiger partial charge >= 0.3 is 0 Å². The molecule has 0 spiro atoms. The van der Waals surface area contributed by atoms with E-state index in [1.807, 2.05) is 6.92 Å². The molecular formula is C15H22N4OS. The van der Waals surface area contributed by atoms with Gasteiger partial charge in [0, 0.05) is 38.6 Å². The van der Waals surface area contributed by atoms with Crippen molar-refractivity contribution in [3.63, 3.8) is 0 Å². The van der Waals surface area contributed by atoms with Gasteiger partial charge in [-0.15, -0.1) is 11.3 Å². The zero-order valence-electron chi connectivity index (χ0n) is 12.8. The number of rotatable bonds is 4. The average molecular weight is 306 g/mol. The van der Waals surface area contributed by atoms with Crippen molar-refractivity contribution >= 4 is 27.8 Å². The second kappa shape index (κ2) is 6.46. The van der Waals surface area contributed by atoms with E-state index in [4.69, 9.17) is 5.73 Å². The maximum Gasteiger partial charge on any atom is 0.174 e. The number of hydrogen-bond acceptors (Lipinski definition) is 6. The summed E-state index contributed by atoms with van der Waals surface area (Å²) in [6.07, 6.45) is 0.413. The third kappa shape index (κ3) is 3.04. The van der Waals surface area contributed by atoms with Crippen LogP contribution in [0.2, 0.25) is 0 Å². The number of anilines is 2. The number of nitrogen functional groups attached to an aromatic ring is 1. The second-order valence-corrected chi connectivity index (χ2v) is 6.53. The van der Waals surface area contributed by atoms with Gasteiger partial charge in [-0.1, -0.05) is 6.92 Å². The molecule has 6 heteroatoms. The number of nitrogens with zero attached hydrogens (tertiary/aromatic N) is 3. The Morgan fingerprint density at radius 2 is 2.00 bits per heavy atom. The minimum absolute atomic E-state index is 0.0149. The fraction of sp³-hybridized carbons (Fsp3) is 0.600. The third-order valence-corrected chi connectivity index (χ3v) is 5.25. The Kier molecular flexibility index (Phi) is 4.86. The first-order valence-electron chi connectivity index (χ1n) is 7.34. The maximum atomic E-state index is 11.9. The van der Waals surface area contributed by atoms with Crippen LogP contribution in [0.1, 0.15) is 42.4 Å². The van der Waals surface area contributed by atoms with Gasteiger partial charge in [0.2, 0.25) is 0 Å². The van der Waals surface area contributed by atoms with Crippen LogP contribution in [-0.2, 0) is 0 Å². The molecule has 1 aromatic rings. The summed E-state index contributed by atoms with van der Waals surface area (Å²) >= 11 is 1.37. The number of thiophene rings is 1. The number of Topliss-reactive ketones (excluding diaryl/α,β-unsaturated/α-hetero) is 1. The average Bonchev–Trinajstić information content (AvgIpc) is 2.83. The van der Waals surface area contributed by atoms with Crippen molar-refractivity contribution in [3.05, 3.63) is 10.4 Å². The number of carbonyl (C=O) groups excluding carboxylic acids is 1. The highest BCUT2D eigenvalue weighted by molar-refractivity contribution is 7.19. The monoisotopic (exact) mass is 306 g/mol. The lowest BCUT2D eigenvalue weighted by Crippen LogP contribution is -2.48. The molecule has 0 saturated carbocycles. The van der Waals surface area contributed by atoms with Gasteiger partial charge in [-0.25, -0.2) is 0 Å². The SMILES string of the molecule is CCC(=O)c1sc(N2CCN(C(C)C)CC2)c(C#N)c1N. The van der Waals surface area contributed by atoms with Crippen molar-refractivity contribution < 1.29 is 4.79 Å². The number of carbonyl (C=O) groups is 1. The summed E-state index contributed by atoms with van der Waals surface area (Å²) in [5.74, 6) is 0.0149. The first kappa shape index (κ1) is 15.8. The molecule has 21 heavy (non-hydrogen) atoms. The summed E-state index contributed by atoms with van der Waals surface area (Å²) < 4.78 is 0. The van der Waals surface area contributed by atoms with Gasteiger partial charge in [0.1, 0.15) is 16.6 Å². The molecule has 0 unspecified atom stereocenters. The summed E-state index contributed by atoms with van der Waals surface area (Å²) in [4.78, 5) is 17.1. The number of nitriles is 1. The van der Waals surface area contributed by atoms with Gasteiger partial charge in [-0.3, -0.25) is 9.69 Å². The van der Waals surface area contributed by atoms with E-state index in [9.17, 15) is 10.1 Å². The highest BCUT2D eigenvalue weighted by atomic mass is 32.1. The Labute approximate surface area is 129 Å². The number of ketones is 1. The third-order valence-electron chi connectivity index (χ3n) is 3.94. The van der Waals surface area contributed by atoms with E-state index in [-0.39, 0.29) is 5.78 Å². The Morgan fingerprint density at radius 1 is 1.38 bits per heavy atom. The van der Waals surface area contributed by atoms with Gasteiger partial charge in [0.05, 0.1) is 10.6 Å². The lowest BCUT2D eigenvalue weighted by Gasteiger charge is -2.37. The predicted octanol–water partition coefficient (Wildman–Crippen LogP) is 2.33. The quantitative estimate of drug-likeness (QED) is 0.864.